The van der Waals surface area contributed by atoms with Gasteiger partial charge < -0.3 is 56.7 Å². The Balaban J connectivity index is 1.24. The molecule has 2 saturated heterocycles. The van der Waals surface area contributed by atoms with Crippen molar-refractivity contribution in [2.75, 3.05) is 19.7 Å². The van der Waals surface area contributed by atoms with Crippen molar-refractivity contribution < 1.29 is 62.3 Å². The van der Waals surface area contributed by atoms with E-state index in [0.29, 0.717) is 31.2 Å². The quantitative estimate of drug-likeness (QED) is 0.0577. The number of rotatable bonds is 23. The van der Waals surface area contributed by atoms with E-state index in [1.165, 1.54) is 41.0 Å². The number of para-hydroxylation sites is 1. The molecule has 1 aromatic heterocycles. The van der Waals surface area contributed by atoms with Gasteiger partial charge in [-0.3, -0.25) is 48.1 Å². The van der Waals surface area contributed by atoms with Crippen molar-refractivity contribution in [2.24, 2.45) is 17.6 Å². The Bertz CT molecular complexity index is 2420. The summed E-state index contributed by atoms with van der Waals surface area (Å²) >= 11 is 0. The number of primary amides is 1. The second-order valence-electron chi connectivity index (χ2n) is 18.7. The molecule has 3 aromatic rings. The van der Waals surface area contributed by atoms with E-state index in [0.717, 1.165) is 16.5 Å². The number of likely N-dealkylation sites (tertiary alicyclic amines) is 2. The number of hydrogen-bond acceptors (Lipinski definition) is 11. The summed E-state index contributed by atoms with van der Waals surface area (Å²) in [5, 5.41) is 24.4. The minimum absolute atomic E-state index is 0.0770. The molecule has 7 atom stereocenters. The van der Waals surface area contributed by atoms with Gasteiger partial charge >= 0.3 is 7.82 Å². The van der Waals surface area contributed by atoms with Gasteiger partial charge in [0.1, 0.15) is 48.0 Å². The number of phosphoric ester groups is 1. The van der Waals surface area contributed by atoms with E-state index in [9.17, 15) is 48.0 Å². The monoisotopic (exact) mass is 995 g/mol. The highest BCUT2D eigenvalue weighted by molar-refractivity contribution is 7.46. The fourth-order valence-corrected chi connectivity index (χ4v) is 9.31. The van der Waals surface area contributed by atoms with Crippen molar-refractivity contribution in [1.82, 2.24) is 41.4 Å². The van der Waals surface area contributed by atoms with Gasteiger partial charge in [-0.25, -0.2) is 4.57 Å². The van der Waals surface area contributed by atoms with E-state index >= 15 is 0 Å². The molecule has 23 heteroatoms. The van der Waals surface area contributed by atoms with Crippen LogP contribution in [0.1, 0.15) is 84.3 Å². The second-order valence-corrected chi connectivity index (χ2v) is 19.9. The van der Waals surface area contributed by atoms with E-state index in [-0.39, 0.29) is 56.4 Å². The molecular weight excluding hydrogens is 930 g/mol. The van der Waals surface area contributed by atoms with Crippen molar-refractivity contribution in [3.05, 3.63) is 65.9 Å². The number of fused-ring (bicyclic) bond motifs is 1. The molecule has 2 fully saturated rings. The van der Waals surface area contributed by atoms with E-state index in [1.54, 1.807) is 20.0 Å². The fourth-order valence-electron chi connectivity index (χ4n) is 8.91. The number of aromatic nitrogens is 1. The van der Waals surface area contributed by atoms with Gasteiger partial charge in [0, 0.05) is 50.0 Å². The number of carbonyl (C=O) groups excluding carboxylic acids is 8. The standard InChI is InChI=1S/C47H66N9O13P/c1-26(2)20-35(52-43(61)36(50-28(5)58)22-29-14-16-31(17-15-29)69-70(66,67)68)42(60)54-38(25-57)44(62)53-37(21-27(3)4)46(64)56-19-9-13-40(56)47(65)55-18-8-12-39(55)45(63)51-34(41(48)59)23-30-24-49-33-11-7-6-10-32(30)33/h6-7,10-11,14-17,24,26-27,34-40,49,57H,8-9,12-13,18-23,25H2,1-5H3,(H2,48,59)(H,50,58)(H,51,63)(H,52,61)(H,53,62)(H,54,60)(H2,66,67,68)/t34-,35-,36-,37-,38-,39-,40-/m0/s1. The smallest absolute Gasteiger partial charge is 0.404 e. The zero-order valence-corrected chi connectivity index (χ0v) is 40.9. The summed E-state index contributed by atoms with van der Waals surface area (Å²) < 4.78 is 15.8. The second kappa shape index (κ2) is 24.5. The van der Waals surface area contributed by atoms with Crippen molar-refractivity contribution >= 4 is 66.0 Å². The Morgan fingerprint density at radius 1 is 0.729 bits per heavy atom. The number of H-pyrrole nitrogens is 1. The molecule has 22 nitrogen and oxygen atoms in total. The van der Waals surface area contributed by atoms with Crippen LogP contribution in [0.4, 0.5) is 0 Å². The van der Waals surface area contributed by atoms with Crippen LogP contribution < -0.4 is 36.8 Å². The third-order valence-corrected chi connectivity index (χ3v) is 12.6. The SMILES string of the molecule is CC(=O)N[C@@H](Cc1ccc(OP(=O)(O)O)cc1)C(=O)N[C@@H](CC(C)C)C(=O)N[C@@H](CO)C(=O)N[C@@H](CC(C)C)C(=O)N1CCC[C@H]1C(=O)N1CCC[C@H]1C(=O)N[C@@H](Cc1c[nH]c2ccccc12)C(N)=O. The molecule has 0 radical (unpaired) electrons. The number of benzene rings is 2. The largest absolute Gasteiger partial charge is 0.524 e. The lowest BCUT2D eigenvalue weighted by Crippen LogP contribution is -2.60. The summed E-state index contributed by atoms with van der Waals surface area (Å²) in [6.45, 7) is 7.98. The predicted molar refractivity (Wildman–Crippen MR) is 255 cm³/mol. The summed E-state index contributed by atoms with van der Waals surface area (Å²) in [7, 11) is -4.82. The Kier molecular flexibility index (Phi) is 19.1. The maximum atomic E-state index is 14.4. The lowest BCUT2D eigenvalue weighted by Gasteiger charge is -2.34. The highest BCUT2D eigenvalue weighted by Gasteiger charge is 2.44. The first-order valence-electron chi connectivity index (χ1n) is 23.4. The molecule has 0 unspecified atom stereocenters. The van der Waals surface area contributed by atoms with Crippen molar-refractivity contribution in [1.29, 1.82) is 0 Å². The summed E-state index contributed by atoms with van der Waals surface area (Å²) in [6, 6.07) is 4.77. The Labute approximate surface area is 405 Å². The zero-order valence-electron chi connectivity index (χ0n) is 40.0. The third kappa shape index (κ3) is 15.1. The van der Waals surface area contributed by atoms with Gasteiger partial charge in [-0.15, -0.1) is 0 Å². The number of hydrogen-bond donors (Lipinski definition) is 10. The topological polar surface area (TPSA) is 332 Å². The molecule has 5 rings (SSSR count). The van der Waals surface area contributed by atoms with Gasteiger partial charge in [-0.1, -0.05) is 58.0 Å². The van der Waals surface area contributed by atoms with Crippen LogP contribution in [0.2, 0.25) is 0 Å². The predicted octanol–water partition coefficient (Wildman–Crippen LogP) is 0.420. The Morgan fingerprint density at radius 2 is 1.30 bits per heavy atom. The summed E-state index contributed by atoms with van der Waals surface area (Å²) in [5.41, 5.74) is 7.86. The minimum Gasteiger partial charge on any atom is -0.404 e. The van der Waals surface area contributed by atoms with E-state index in [1.807, 2.05) is 38.1 Å². The molecule has 11 N–H and O–H groups in total. The maximum absolute atomic E-state index is 14.4. The fraction of sp³-hybridized carbons (Fsp3) is 0.532. The van der Waals surface area contributed by atoms with Crippen molar-refractivity contribution in [2.45, 2.75) is 128 Å². The van der Waals surface area contributed by atoms with Crippen LogP contribution in [0.15, 0.2) is 54.7 Å². The molecule has 2 aliphatic rings. The normalized spacial score (nSPS) is 18.1. The summed E-state index contributed by atoms with van der Waals surface area (Å²) in [4.78, 5) is 133. The third-order valence-electron chi connectivity index (χ3n) is 12.2. The number of nitrogens with zero attached hydrogens (tertiary/aromatic N) is 2. The van der Waals surface area contributed by atoms with Gasteiger partial charge in [-0.05, 0) is 79.7 Å². The van der Waals surface area contributed by atoms with Crippen LogP contribution in [0.25, 0.3) is 10.9 Å². The molecule has 2 aliphatic heterocycles. The first-order chi connectivity index (χ1) is 33.0. The van der Waals surface area contributed by atoms with Crippen LogP contribution in [0, 0.1) is 11.8 Å². The number of nitrogens with two attached hydrogens (primary N) is 1. The van der Waals surface area contributed by atoms with Gasteiger partial charge in [-0.2, -0.15) is 0 Å². The van der Waals surface area contributed by atoms with Crippen molar-refractivity contribution in [3.63, 3.8) is 0 Å². The molecule has 382 valence electrons. The summed E-state index contributed by atoms with van der Waals surface area (Å²) in [5.74, 6) is -5.79. The molecule has 2 aromatic carbocycles. The molecule has 0 spiro atoms. The average molecular weight is 996 g/mol. The van der Waals surface area contributed by atoms with Gasteiger partial charge in [0.15, 0.2) is 0 Å². The van der Waals surface area contributed by atoms with Crippen molar-refractivity contribution in [3.8, 4) is 5.75 Å². The Morgan fingerprint density at radius 3 is 1.91 bits per heavy atom. The molecule has 0 saturated carbocycles. The van der Waals surface area contributed by atoms with E-state index in [4.69, 9.17) is 15.5 Å². The lowest BCUT2D eigenvalue weighted by molar-refractivity contribution is -0.148. The lowest BCUT2D eigenvalue weighted by atomic mass is 10.00. The van der Waals surface area contributed by atoms with Crippen LogP contribution in [-0.2, 0) is 55.8 Å². The number of amides is 8. The highest BCUT2D eigenvalue weighted by Crippen LogP contribution is 2.37. The van der Waals surface area contributed by atoms with Gasteiger partial charge in [0.2, 0.25) is 47.3 Å². The molecule has 3 heterocycles. The first-order valence-corrected chi connectivity index (χ1v) is 25.0. The molecule has 0 aliphatic carbocycles. The maximum Gasteiger partial charge on any atom is 0.524 e. The number of aromatic amines is 1. The highest BCUT2D eigenvalue weighted by atomic mass is 31.2. The van der Waals surface area contributed by atoms with Crippen LogP contribution in [-0.4, -0.2) is 139 Å². The Hall–Kier alpha value is -6.35. The summed E-state index contributed by atoms with van der Waals surface area (Å²) in [6.07, 6.45) is 3.58. The number of nitrogens with one attached hydrogen (secondary N) is 6. The number of aliphatic hydroxyl groups is 1. The molecule has 70 heavy (non-hydrogen) atoms. The number of carbonyl (C=O) groups is 8. The first kappa shape index (κ1) is 54.6. The van der Waals surface area contributed by atoms with Crippen LogP contribution in [0.3, 0.4) is 0 Å². The van der Waals surface area contributed by atoms with E-state index in [2.05, 4.69) is 36.1 Å². The molecule has 8 amide bonds. The molecule has 0 bridgehead atoms. The number of aliphatic hydroxyl groups excluding tert-OH is 1. The van der Waals surface area contributed by atoms with Crippen LogP contribution in [0.5, 0.6) is 5.75 Å². The van der Waals surface area contributed by atoms with Crippen LogP contribution >= 0.6 is 7.82 Å². The number of phosphoric acid groups is 1. The van der Waals surface area contributed by atoms with Gasteiger partial charge in [0.25, 0.3) is 0 Å². The molecular formula is C47H66N9O13P. The average Bonchev–Trinajstić information content (AvgIpc) is 4.07. The zero-order chi connectivity index (χ0) is 51.4. The van der Waals surface area contributed by atoms with Gasteiger partial charge in [0.05, 0.1) is 6.61 Å². The minimum atomic E-state index is -4.82. The van der Waals surface area contributed by atoms with E-state index < -0.39 is 104 Å².